The van der Waals surface area contributed by atoms with E-state index in [-0.39, 0.29) is 12.8 Å². The fourth-order valence-corrected chi connectivity index (χ4v) is 2.43. The lowest BCUT2D eigenvalue weighted by Gasteiger charge is -2.44. The van der Waals surface area contributed by atoms with Crippen molar-refractivity contribution in [1.82, 2.24) is 0 Å². The van der Waals surface area contributed by atoms with E-state index in [1.54, 1.807) is 0 Å². The molecule has 0 saturated carbocycles. The van der Waals surface area contributed by atoms with Crippen LogP contribution in [0.4, 0.5) is 0 Å². The molecule has 0 aliphatic rings. The minimum absolute atomic E-state index is 0.232. The van der Waals surface area contributed by atoms with Crippen LogP contribution in [-0.4, -0.2) is 72.3 Å². The predicted molar refractivity (Wildman–Crippen MR) is 89.3 cm³/mol. The number of aliphatic hydroxyl groups excluding tert-OH is 3. The van der Waals surface area contributed by atoms with Crippen LogP contribution in [0.3, 0.4) is 0 Å². The Balaban J connectivity index is 4.68. The van der Waals surface area contributed by atoms with Crippen LogP contribution < -0.4 is 0 Å². The number of hydrogen-bond donors (Lipinski definition) is 4. The number of hydrogen-bond acceptors (Lipinski definition) is 6. The zero-order valence-electron chi connectivity index (χ0n) is 14.8. The highest BCUT2D eigenvalue weighted by molar-refractivity contribution is 4.98. The van der Waals surface area contributed by atoms with Crippen LogP contribution in [0.15, 0.2) is 0 Å². The Morgan fingerprint density at radius 1 is 0.696 bits per heavy atom. The molecule has 0 radical (unpaired) electrons. The maximum absolute atomic E-state index is 11.0. The van der Waals surface area contributed by atoms with Gasteiger partial charge in [0.05, 0.1) is 30.8 Å². The Labute approximate surface area is 140 Å². The average molecular weight is 336 g/mol. The van der Waals surface area contributed by atoms with Gasteiger partial charge in [0.25, 0.3) is 0 Å². The second-order valence-electron chi connectivity index (χ2n) is 6.22. The molecule has 0 aromatic carbocycles. The van der Waals surface area contributed by atoms with Gasteiger partial charge < -0.3 is 29.9 Å². The fraction of sp³-hybridized carbons (Fsp3) is 1.00. The van der Waals surface area contributed by atoms with Crippen molar-refractivity contribution >= 4 is 0 Å². The summed E-state index contributed by atoms with van der Waals surface area (Å²) in [4.78, 5) is 0. The molecule has 0 spiro atoms. The second kappa shape index (κ2) is 13.1. The molecule has 140 valence electrons. The first-order valence-corrected chi connectivity index (χ1v) is 8.76. The minimum atomic E-state index is -1.44. The Bertz CT molecular complexity index is 246. The number of rotatable bonds is 16. The third-order valence-corrected chi connectivity index (χ3v) is 4.50. The summed E-state index contributed by atoms with van der Waals surface area (Å²) in [6, 6.07) is 0. The third kappa shape index (κ3) is 7.45. The molecule has 0 aromatic rings. The van der Waals surface area contributed by atoms with Gasteiger partial charge in [-0.25, -0.2) is 0 Å². The second-order valence-corrected chi connectivity index (χ2v) is 6.22. The third-order valence-electron chi connectivity index (χ3n) is 4.50. The lowest BCUT2D eigenvalue weighted by atomic mass is 9.70. The Hall–Kier alpha value is -0.240. The number of aliphatic hydroxyl groups is 4. The molecule has 6 heteroatoms. The van der Waals surface area contributed by atoms with Gasteiger partial charge in [-0.15, -0.1) is 0 Å². The van der Waals surface area contributed by atoms with Crippen LogP contribution in [0, 0.1) is 5.41 Å². The summed E-state index contributed by atoms with van der Waals surface area (Å²) in [5.74, 6) is 0. The molecule has 0 aromatic heterocycles. The van der Waals surface area contributed by atoms with Crippen molar-refractivity contribution < 1.29 is 29.9 Å². The lowest BCUT2D eigenvalue weighted by molar-refractivity contribution is -0.172. The first kappa shape index (κ1) is 22.8. The maximum Gasteiger partial charge on any atom is 0.0813 e. The van der Waals surface area contributed by atoms with Gasteiger partial charge >= 0.3 is 0 Å². The van der Waals surface area contributed by atoms with Crippen LogP contribution in [0.25, 0.3) is 0 Å². The summed E-state index contributed by atoms with van der Waals surface area (Å²) in [6.07, 6.45) is 4.42. The molecule has 0 aliphatic heterocycles. The number of ether oxygens (including phenoxy) is 2. The van der Waals surface area contributed by atoms with Crippen LogP contribution in [0.2, 0.25) is 0 Å². The van der Waals surface area contributed by atoms with Gasteiger partial charge in [-0.1, -0.05) is 26.7 Å². The summed E-state index contributed by atoms with van der Waals surface area (Å²) in [5, 5.41) is 39.9. The summed E-state index contributed by atoms with van der Waals surface area (Å²) in [6.45, 7) is 4.50. The highest BCUT2D eigenvalue weighted by Gasteiger charge is 2.49. The average Bonchev–Trinajstić information content (AvgIpc) is 2.56. The molecule has 0 heterocycles. The van der Waals surface area contributed by atoms with Gasteiger partial charge in [0.1, 0.15) is 0 Å². The van der Waals surface area contributed by atoms with E-state index in [0.717, 1.165) is 25.7 Å². The highest BCUT2D eigenvalue weighted by atomic mass is 16.5. The van der Waals surface area contributed by atoms with Crippen LogP contribution in [0.1, 0.15) is 52.4 Å². The monoisotopic (exact) mass is 336 g/mol. The zero-order chi connectivity index (χ0) is 17.6. The van der Waals surface area contributed by atoms with Crippen molar-refractivity contribution in [2.75, 3.05) is 46.2 Å². The Kier molecular flexibility index (Phi) is 13.0. The molecule has 0 fully saturated rings. The van der Waals surface area contributed by atoms with Gasteiger partial charge in [0.15, 0.2) is 0 Å². The molecule has 6 nitrogen and oxygen atoms in total. The van der Waals surface area contributed by atoms with E-state index in [1.807, 2.05) is 0 Å². The molecular formula is C17H36O6. The lowest BCUT2D eigenvalue weighted by Crippen LogP contribution is -2.56. The molecule has 4 N–H and O–H groups in total. The summed E-state index contributed by atoms with van der Waals surface area (Å²) >= 11 is 0. The summed E-state index contributed by atoms with van der Waals surface area (Å²) in [7, 11) is 0. The first-order chi connectivity index (χ1) is 11.1. The van der Waals surface area contributed by atoms with Gasteiger partial charge in [-0.2, -0.15) is 0 Å². The molecule has 0 unspecified atom stereocenters. The van der Waals surface area contributed by atoms with E-state index in [4.69, 9.17) is 9.47 Å². The van der Waals surface area contributed by atoms with Crippen LogP contribution >= 0.6 is 0 Å². The molecule has 0 bridgehead atoms. The van der Waals surface area contributed by atoms with E-state index < -0.39 is 30.8 Å². The van der Waals surface area contributed by atoms with Crippen molar-refractivity contribution in [2.45, 2.75) is 58.0 Å². The SMILES string of the molecule is CCCCOCCC(O)(CCOCCCC)C(CO)(CO)CO. The van der Waals surface area contributed by atoms with E-state index in [9.17, 15) is 20.4 Å². The molecule has 0 aliphatic carbocycles. The zero-order valence-corrected chi connectivity index (χ0v) is 14.8. The van der Waals surface area contributed by atoms with E-state index in [0.29, 0.717) is 26.4 Å². The topological polar surface area (TPSA) is 99.4 Å². The Morgan fingerprint density at radius 2 is 1.09 bits per heavy atom. The molecule has 23 heavy (non-hydrogen) atoms. The fourth-order valence-electron chi connectivity index (χ4n) is 2.43. The smallest absolute Gasteiger partial charge is 0.0813 e. The molecule has 0 rings (SSSR count). The van der Waals surface area contributed by atoms with Crippen molar-refractivity contribution in [1.29, 1.82) is 0 Å². The van der Waals surface area contributed by atoms with E-state index in [1.165, 1.54) is 0 Å². The van der Waals surface area contributed by atoms with Gasteiger partial charge in [0.2, 0.25) is 0 Å². The van der Waals surface area contributed by atoms with Crippen LogP contribution in [-0.2, 0) is 9.47 Å². The number of unbranched alkanes of at least 4 members (excludes halogenated alkanes) is 2. The summed E-state index contributed by atoms with van der Waals surface area (Å²) < 4.78 is 11.0. The van der Waals surface area contributed by atoms with Gasteiger partial charge in [-0.3, -0.25) is 0 Å². The quantitative estimate of drug-likeness (QED) is 0.315. The predicted octanol–water partition coefficient (Wildman–Crippen LogP) is 1.09. The molecule has 0 saturated heterocycles. The highest BCUT2D eigenvalue weighted by Crippen LogP contribution is 2.36. The van der Waals surface area contributed by atoms with Crippen LogP contribution in [0.5, 0.6) is 0 Å². The minimum Gasteiger partial charge on any atom is -0.395 e. The largest absolute Gasteiger partial charge is 0.395 e. The standard InChI is InChI=1S/C17H36O6/c1-3-5-9-22-11-7-17(21,8-12-23-10-6-4-2)16(13-18,14-19)15-20/h18-21H,3-15H2,1-2H3. The van der Waals surface area contributed by atoms with Crippen molar-refractivity contribution in [3.8, 4) is 0 Å². The molecular weight excluding hydrogens is 300 g/mol. The van der Waals surface area contributed by atoms with Gasteiger partial charge in [-0.05, 0) is 12.8 Å². The summed E-state index contributed by atoms with van der Waals surface area (Å²) in [5.41, 5.74) is -2.81. The molecule has 0 amide bonds. The van der Waals surface area contributed by atoms with E-state index in [2.05, 4.69) is 13.8 Å². The normalized spacial score (nSPS) is 12.8. The van der Waals surface area contributed by atoms with Crippen molar-refractivity contribution in [3.63, 3.8) is 0 Å². The maximum atomic E-state index is 11.0. The molecule has 0 atom stereocenters. The van der Waals surface area contributed by atoms with Gasteiger partial charge in [0, 0.05) is 39.3 Å². The first-order valence-electron chi connectivity index (χ1n) is 8.76. The van der Waals surface area contributed by atoms with Crippen molar-refractivity contribution in [2.24, 2.45) is 5.41 Å². The van der Waals surface area contributed by atoms with E-state index >= 15 is 0 Å². The van der Waals surface area contributed by atoms with Crippen molar-refractivity contribution in [3.05, 3.63) is 0 Å². The Morgan fingerprint density at radius 3 is 1.39 bits per heavy atom.